The zero-order valence-electron chi connectivity index (χ0n) is 17.4. The van der Waals surface area contributed by atoms with Gasteiger partial charge in [-0.25, -0.2) is 18.7 Å². The lowest BCUT2D eigenvalue weighted by molar-refractivity contribution is 0.0303. The van der Waals surface area contributed by atoms with Crippen molar-refractivity contribution in [1.82, 2.24) is 20.2 Å². The number of fused-ring (bicyclic) bond motifs is 1. The number of hydrogen-bond acceptors (Lipinski definition) is 6. The Morgan fingerprint density at radius 3 is 2.39 bits per heavy atom. The van der Waals surface area contributed by atoms with Gasteiger partial charge in [-0.3, -0.25) is 9.59 Å². The first kappa shape index (κ1) is 21.0. The largest absolute Gasteiger partial charge is 0.378 e. The van der Waals surface area contributed by atoms with Crippen molar-refractivity contribution in [3.8, 4) is 11.4 Å². The molecule has 0 atom stereocenters. The van der Waals surface area contributed by atoms with E-state index in [0.29, 0.717) is 43.2 Å². The number of anilines is 2. The van der Waals surface area contributed by atoms with E-state index in [-0.39, 0.29) is 41.1 Å². The van der Waals surface area contributed by atoms with Crippen LogP contribution in [0.1, 0.15) is 26.4 Å². The molecule has 33 heavy (non-hydrogen) atoms. The molecule has 1 fully saturated rings. The molecule has 3 aromatic rings. The smallest absolute Gasteiger partial charge is 0.257 e. The number of amides is 2. The first-order chi connectivity index (χ1) is 16.0. The Balaban J connectivity index is 1.46. The first-order valence-electron chi connectivity index (χ1n) is 10.4. The molecule has 2 aliphatic rings. The van der Waals surface area contributed by atoms with E-state index < -0.39 is 11.6 Å². The normalized spacial score (nSPS) is 15.2. The molecule has 0 radical (unpaired) electrons. The van der Waals surface area contributed by atoms with Crippen molar-refractivity contribution in [2.24, 2.45) is 0 Å². The lowest BCUT2D eigenvalue weighted by atomic mass is 10.1. The standard InChI is InChI=1S/C23H19F2N5O3/c24-15-2-1-3-16(25)18(15)20-28-17-12-26-22(31)19(17)21(29-20)27-14-6-4-13(5-7-14)23(32)30-8-10-33-11-9-30/h1-7H,8-12H2,(H,26,31)(H,27,28,29). The number of halogens is 2. The number of carbonyl (C=O) groups excluding carboxylic acids is 2. The van der Waals surface area contributed by atoms with Gasteiger partial charge in [-0.05, 0) is 36.4 Å². The fraction of sp³-hybridized carbons (Fsp3) is 0.217. The fourth-order valence-corrected chi connectivity index (χ4v) is 3.82. The number of hydrogen-bond donors (Lipinski definition) is 2. The molecule has 0 spiro atoms. The van der Waals surface area contributed by atoms with Gasteiger partial charge in [-0.15, -0.1) is 0 Å². The van der Waals surface area contributed by atoms with Crippen LogP contribution in [0, 0.1) is 11.6 Å². The summed E-state index contributed by atoms with van der Waals surface area (Å²) in [5.41, 5.74) is 1.25. The van der Waals surface area contributed by atoms with E-state index in [1.165, 1.54) is 6.07 Å². The van der Waals surface area contributed by atoms with Crippen LogP contribution in [-0.4, -0.2) is 53.0 Å². The zero-order valence-corrected chi connectivity index (χ0v) is 17.4. The Kier molecular flexibility index (Phi) is 5.43. The zero-order chi connectivity index (χ0) is 22.9. The summed E-state index contributed by atoms with van der Waals surface area (Å²) in [4.78, 5) is 35.2. The minimum atomic E-state index is -0.802. The van der Waals surface area contributed by atoms with E-state index in [4.69, 9.17) is 4.74 Å². The molecule has 1 aromatic heterocycles. The molecule has 8 nitrogen and oxygen atoms in total. The second-order valence-corrected chi connectivity index (χ2v) is 7.60. The van der Waals surface area contributed by atoms with E-state index >= 15 is 0 Å². The van der Waals surface area contributed by atoms with Crippen LogP contribution < -0.4 is 10.6 Å². The van der Waals surface area contributed by atoms with Gasteiger partial charge < -0.3 is 20.3 Å². The van der Waals surface area contributed by atoms with Crippen LogP contribution in [0.2, 0.25) is 0 Å². The van der Waals surface area contributed by atoms with Crippen molar-refractivity contribution >= 4 is 23.3 Å². The van der Waals surface area contributed by atoms with Gasteiger partial charge in [0.05, 0.1) is 31.0 Å². The van der Waals surface area contributed by atoms with Crippen LogP contribution in [0.5, 0.6) is 0 Å². The first-order valence-corrected chi connectivity index (χ1v) is 10.4. The predicted molar refractivity (Wildman–Crippen MR) is 115 cm³/mol. The highest BCUT2D eigenvalue weighted by Gasteiger charge is 2.28. The van der Waals surface area contributed by atoms with Gasteiger partial charge in [0.25, 0.3) is 11.8 Å². The Labute approximate surface area is 187 Å². The predicted octanol–water partition coefficient (Wildman–Crippen LogP) is 2.88. The number of rotatable bonds is 4. The van der Waals surface area contributed by atoms with Gasteiger partial charge in [-0.2, -0.15) is 0 Å². The molecule has 10 heteroatoms. The summed E-state index contributed by atoms with van der Waals surface area (Å²) >= 11 is 0. The highest BCUT2D eigenvalue weighted by atomic mass is 19.1. The summed E-state index contributed by atoms with van der Waals surface area (Å²) in [7, 11) is 0. The van der Waals surface area contributed by atoms with Crippen LogP contribution in [0.15, 0.2) is 42.5 Å². The highest BCUT2D eigenvalue weighted by molar-refractivity contribution is 6.03. The van der Waals surface area contributed by atoms with E-state index in [9.17, 15) is 18.4 Å². The average Bonchev–Trinajstić information content (AvgIpc) is 3.20. The maximum absolute atomic E-state index is 14.3. The Morgan fingerprint density at radius 1 is 1.00 bits per heavy atom. The number of ether oxygens (including phenoxy) is 1. The van der Waals surface area contributed by atoms with Gasteiger partial charge in [0.2, 0.25) is 0 Å². The highest BCUT2D eigenvalue weighted by Crippen LogP contribution is 2.30. The Hall–Kier alpha value is -3.92. The fourth-order valence-electron chi connectivity index (χ4n) is 3.82. The molecule has 0 saturated carbocycles. The number of nitrogens with zero attached hydrogens (tertiary/aromatic N) is 3. The Morgan fingerprint density at radius 2 is 1.70 bits per heavy atom. The van der Waals surface area contributed by atoms with E-state index in [2.05, 4.69) is 20.6 Å². The van der Waals surface area contributed by atoms with Gasteiger partial charge in [0, 0.05) is 24.3 Å². The minimum absolute atomic E-state index is 0.0931. The van der Waals surface area contributed by atoms with Crippen molar-refractivity contribution in [3.05, 3.63) is 70.9 Å². The maximum Gasteiger partial charge on any atom is 0.257 e. The second-order valence-electron chi connectivity index (χ2n) is 7.60. The molecule has 2 amide bonds. The number of benzene rings is 2. The van der Waals surface area contributed by atoms with Crippen LogP contribution in [0.25, 0.3) is 11.4 Å². The number of aromatic nitrogens is 2. The maximum atomic E-state index is 14.3. The van der Waals surface area contributed by atoms with E-state index in [1.54, 1.807) is 29.2 Å². The third-order valence-electron chi connectivity index (χ3n) is 5.51. The van der Waals surface area contributed by atoms with Crippen molar-refractivity contribution < 1.29 is 23.1 Å². The molecule has 3 heterocycles. The molecule has 2 aliphatic heterocycles. The Bertz CT molecular complexity index is 1220. The van der Waals surface area contributed by atoms with Crippen LogP contribution in [0.3, 0.4) is 0 Å². The lowest BCUT2D eigenvalue weighted by Gasteiger charge is -2.26. The van der Waals surface area contributed by atoms with Gasteiger partial charge in [0.1, 0.15) is 23.0 Å². The van der Waals surface area contributed by atoms with Crippen molar-refractivity contribution in [3.63, 3.8) is 0 Å². The summed E-state index contributed by atoms with van der Waals surface area (Å²) in [6, 6.07) is 10.2. The van der Waals surface area contributed by atoms with E-state index in [1.807, 2.05) is 0 Å². The molecular formula is C23H19F2N5O3. The van der Waals surface area contributed by atoms with Crippen molar-refractivity contribution in [2.45, 2.75) is 6.54 Å². The van der Waals surface area contributed by atoms with Gasteiger partial charge in [-0.1, -0.05) is 6.07 Å². The number of carbonyl (C=O) groups is 2. The van der Waals surface area contributed by atoms with Gasteiger partial charge >= 0.3 is 0 Å². The van der Waals surface area contributed by atoms with Crippen LogP contribution >= 0.6 is 0 Å². The molecule has 5 rings (SSSR count). The molecule has 2 aromatic carbocycles. The summed E-state index contributed by atoms with van der Waals surface area (Å²) in [6.07, 6.45) is 0. The third kappa shape index (κ3) is 4.00. The summed E-state index contributed by atoms with van der Waals surface area (Å²) in [5, 5.41) is 5.68. The van der Waals surface area contributed by atoms with E-state index in [0.717, 1.165) is 12.1 Å². The van der Waals surface area contributed by atoms with Crippen molar-refractivity contribution in [2.75, 3.05) is 31.6 Å². The number of morpholine rings is 1. The summed E-state index contributed by atoms with van der Waals surface area (Å²) in [6.45, 7) is 2.22. The van der Waals surface area contributed by atoms with Crippen LogP contribution in [0.4, 0.5) is 20.3 Å². The molecule has 2 N–H and O–H groups in total. The van der Waals surface area contributed by atoms with Crippen LogP contribution in [-0.2, 0) is 11.3 Å². The lowest BCUT2D eigenvalue weighted by Crippen LogP contribution is -2.40. The monoisotopic (exact) mass is 451 g/mol. The average molecular weight is 451 g/mol. The molecule has 168 valence electrons. The molecule has 0 aliphatic carbocycles. The molecule has 0 unspecified atom stereocenters. The SMILES string of the molecule is O=C1NCc2nc(-c3c(F)cccc3F)nc(Nc3ccc(C(=O)N4CCOCC4)cc3)c21. The second kappa shape index (κ2) is 8.55. The summed E-state index contributed by atoms with van der Waals surface area (Å²) in [5.74, 6) is -2.12. The quantitative estimate of drug-likeness (QED) is 0.633. The molecular weight excluding hydrogens is 432 g/mol. The molecule has 0 bridgehead atoms. The van der Waals surface area contributed by atoms with Gasteiger partial charge in [0.15, 0.2) is 5.82 Å². The van der Waals surface area contributed by atoms with Crippen molar-refractivity contribution in [1.29, 1.82) is 0 Å². The minimum Gasteiger partial charge on any atom is -0.378 e. The molecule has 1 saturated heterocycles. The summed E-state index contributed by atoms with van der Waals surface area (Å²) < 4.78 is 33.9. The number of nitrogens with one attached hydrogen (secondary N) is 2. The third-order valence-corrected chi connectivity index (χ3v) is 5.51. The topological polar surface area (TPSA) is 96.4 Å².